The van der Waals surface area contributed by atoms with Crippen molar-refractivity contribution in [2.24, 2.45) is 5.92 Å². The van der Waals surface area contributed by atoms with Crippen LogP contribution in [0.3, 0.4) is 0 Å². The molecule has 0 saturated heterocycles. The van der Waals surface area contributed by atoms with Crippen molar-refractivity contribution in [3.63, 3.8) is 0 Å². The summed E-state index contributed by atoms with van der Waals surface area (Å²) in [6, 6.07) is 1.95. The molecule has 20 heavy (non-hydrogen) atoms. The van der Waals surface area contributed by atoms with Crippen molar-refractivity contribution < 1.29 is 5.11 Å². The first kappa shape index (κ1) is 17.0. The van der Waals surface area contributed by atoms with E-state index < -0.39 is 0 Å². The van der Waals surface area contributed by atoms with Crippen LogP contribution in [0.25, 0.3) is 0 Å². The van der Waals surface area contributed by atoms with Gasteiger partial charge in [0, 0.05) is 25.8 Å². The molecule has 1 rings (SSSR count). The second kappa shape index (κ2) is 9.83. The van der Waals surface area contributed by atoms with E-state index in [0.29, 0.717) is 5.92 Å². The molecule has 1 heterocycles. The van der Waals surface area contributed by atoms with Crippen molar-refractivity contribution >= 4 is 23.4 Å². The Kier molecular flexibility index (Phi) is 8.37. The molecule has 6 heteroatoms. The van der Waals surface area contributed by atoms with Crippen LogP contribution in [0, 0.1) is 5.92 Å². The molecule has 3 N–H and O–H groups in total. The third kappa shape index (κ3) is 6.43. The number of hydrogen-bond donors (Lipinski definition) is 3. The highest BCUT2D eigenvalue weighted by molar-refractivity contribution is 7.98. The lowest BCUT2D eigenvalue weighted by Gasteiger charge is -2.11. The molecule has 0 saturated carbocycles. The molecule has 0 fully saturated rings. The van der Waals surface area contributed by atoms with E-state index in [1.54, 1.807) is 11.8 Å². The van der Waals surface area contributed by atoms with Gasteiger partial charge < -0.3 is 15.7 Å². The van der Waals surface area contributed by atoms with Gasteiger partial charge in [0.15, 0.2) is 5.16 Å². The molecule has 0 radical (unpaired) electrons. The van der Waals surface area contributed by atoms with Gasteiger partial charge in [-0.25, -0.2) is 9.97 Å². The number of nitrogens with zero attached hydrogens (tertiary/aromatic N) is 2. The summed E-state index contributed by atoms with van der Waals surface area (Å²) >= 11 is 1.54. The first-order valence-corrected chi connectivity index (χ1v) is 8.43. The van der Waals surface area contributed by atoms with E-state index in [1.165, 1.54) is 0 Å². The average molecular weight is 298 g/mol. The maximum absolute atomic E-state index is 8.99. The molecule has 0 amide bonds. The summed E-state index contributed by atoms with van der Waals surface area (Å²) in [6.07, 6.45) is 5.09. The number of aliphatic hydroxyl groups is 1. The third-order valence-corrected chi connectivity index (χ3v) is 3.48. The van der Waals surface area contributed by atoms with Gasteiger partial charge in [-0.2, -0.15) is 0 Å². The second-order valence-corrected chi connectivity index (χ2v) is 5.68. The Morgan fingerprint density at radius 2 is 1.90 bits per heavy atom. The van der Waals surface area contributed by atoms with E-state index in [0.717, 1.165) is 49.1 Å². The molecule has 0 aromatic carbocycles. The van der Waals surface area contributed by atoms with Gasteiger partial charge in [0.1, 0.15) is 11.6 Å². The molecule has 114 valence electrons. The van der Waals surface area contributed by atoms with Crippen molar-refractivity contribution in [3.8, 4) is 0 Å². The van der Waals surface area contributed by atoms with Crippen LogP contribution in [0.4, 0.5) is 11.6 Å². The third-order valence-electron chi connectivity index (χ3n) is 2.94. The highest BCUT2D eigenvalue weighted by Gasteiger charge is 2.04. The predicted molar refractivity (Wildman–Crippen MR) is 86.6 cm³/mol. The average Bonchev–Trinajstić information content (AvgIpc) is 2.48. The number of rotatable bonds is 10. The lowest BCUT2D eigenvalue weighted by Crippen LogP contribution is -2.09. The van der Waals surface area contributed by atoms with Gasteiger partial charge in [-0.1, -0.05) is 25.6 Å². The SMILES string of the molecule is CCCNc1cc(NCCCC(C)CO)nc(SC)n1. The minimum atomic E-state index is 0.259. The number of thioether (sulfide) groups is 1. The zero-order valence-electron chi connectivity index (χ0n) is 12.6. The maximum atomic E-state index is 8.99. The number of aromatic nitrogens is 2. The largest absolute Gasteiger partial charge is 0.396 e. The fourth-order valence-electron chi connectivity index (χ4n) is 1.71. The fourth-order valence-corrected chi connectivity index (χ4v) is 2.09. The van der Waals surface area contributed by atoms with Crippen LogP contribution in [0.15, 0.2) is 11.2 Å². The van der Waals surface area contributed by atoms with Crippen molar-refractivity contribution in [2.75, 3.05) is 36.6 Å². The summed E-state index contributed by atoms with van der Waals surface area (Å²) in [6.45, 7) is 6.23. The smallest absolute Gasteiger partial charge is 0.191 e. The lowest BCUT2D eigenvalue weighted by atomic mass is 10.1. The normalized spacial score (nSPS) is 12.2. The van der Waals surface area contributed by atoms with Gasteiger partial charge in [-0.15, -0.1) is 0 Å². The van der Waals surface area contributed by atoms with E-state index in [1.807, 2.05) is 12.3 Å². The Bertz CT molecular complexity index is 389. The summed E-state index contributed by atoms with van der Waals surface area (Å²) < 4.78 is 0. The standard InChI is InChI=1S/C14H26N4OS/c1-4-7-15-12-9-13(18-14(17-12)20-3)16-8-5-6-11(2)10-19/h9,11,19H,4-8,10H2,1-3H3,(H2,15,16,17,18). The van der Waals surface area contributed by atoms with Crippen molar-refractivity contribution in [2.45, 2.75) is 38.3 Å². The minimum absolute atomic E-state index is 0.259. The molecule has 1 aromatic rings. The second-order valence-electron chi connectivity index (χ2n) is 4.91. The first-order valence-electron chi connectivity index (χ1n) is 7.21. The first-order chi connectivity index (χ1) is 9.69. The molecule has 1 atom stereocenters. The Hall–Kier alpha value is -1.01. The van der Waals surface area contributed by atoms with Crippen LogP contribution in [0.5, 0.6) is 0 Å². The highest BCUT2D eigenvalue weighted by Crippen LogP contribution is 2.17. The van der Waals surface area contributed by atoms with Crippen molar-refractivity contribution in [1.29, 1.82) is 0 Å². The summed E-state index contributed by atoms with van der Waals surface area (Å²) in [4.78, 5) is 8.87. The molecule has 0 aliphatic rings. The molecule has 0 aliphatic carbocycles. The minimum Gasteiger partial charge on any atom is -0.396 e. The summed E-state index contributed by atoms with van der Waals surface area (Å²) in [5, 5.41) is 16.4. The number of aliphatic hydroxyl groups excluding tert-OH is 1. The van der Waals surface area contributed by atoms with Gasteiger partial charge in [-0.3, -0.25) is 0 Å². The monoisotopic (exact) mass is 298 g/mol. The predicted octanol–water partition coefficient (Wildman–Crippen LogP) is 2.84. The summed E-state index contributed by atoms with van der Waals surface area (Å²) in [5.41, 5.74) is 0. The Morgan fingerprint density at radius 3 is 2.45 bits per heavy atom. The Labute approximate surface area is 126 Å². The highest BCUT2D eigenvalue weighted by atomic mass is 32.2. The molecule has 0 aliphatic heterocycles. The van der Waals surface area contributed by atoms with E-state index >= 15 is 0 Å². The van der Waals surface area contributed by atoms with Gasteiger partial charge in [-0.05, 0) is 31.4 Å². The topological polar surface area (TPSA) is 70.1 Å². The zero-order valence-corrected chi connectivity index (χ0v) is 13.5. The van der Waals surface area contributed by atoms with Crippen LogP contribution in [-0.2, 0) is 0 Å². The van der Waals surface area contributed by atoms with Crippen LogP contribution in [-0.4, -0.2) is 41.0 Å². The van der Waals surface area contributed by atoms with Crippen LogP contribution < -0.4 is 10.6 Å². The fraction of sp³-hybridized carbons (Fsp3) is 0.714. The number of hydrogen-bond acceptors (Lipinski definition) is 6. The van der Waals surface area contributed by atoms with E-state index in [4.69, 9.17) is 5.11 Å². The lowest BCUT2D eigenvalue weighted by molar-refractivity contribution is 0.229. The quantitative estimate of drug-likeness (QED) is 0.350. The van der Waals surface area contributed by atoms with E-state index in [9.17, 15) is 0 Å². The molecule has 0 spiro atoms. The van der Waals surface area contributed by atoms with Gasteiger partial charge in [0.25, 0.3) is 0 Å². The van der Waals surface area contributed by atoms with E-state index in [2.05, 4.69) is 34.4 Å². The molecule has 1 aromatic heterocycles. The Balaban J connectivity index is 2.50. The van der Waals surface area contributed by atoms with Crippen LogP contribution in [0.2, 0.25) is 0 Å². The van der Waals surface area contributed by atoms with Crippen LogP contribution in [0.1, 0.15) is 33.1 Å². The summed E-state index contributed by atoms with van der Waals surface area (Å²) in [7, 11) is 0. The maximum Gasteiger partial charge on any atom is 0.191 e. The van der Waals surface area contributed by atoms with Gasteiger partial charge in [0.2, 0.25) is 0 Å². The van der Waals surface area contributed by atoms with Crippen LogP contribution >= 0.6 is 11.8 Å². The summed E-state index contributed by atoms with van der Waals surface area (Å²) in [5.74, 6) is 2.10. The van der Waals surface area contributed by atoms with Crippen molar-refractivity contribution in [1.82, 2.24) is 9.97 Å². The van der Waals surface area contributed by atoms with E-state index in [-0.39, 0.29) is 6.61 Å². The molecule has 5 nitrogen and oxygen atoms in total. The van der Waals surface area contributed by atoms with Gasteiger partial charge >= 0.3 is 0 Å². The molecule has 0 bridgehead atoms. The number of anilines is 2. The van der Waals surface area contributed by atoms with Crippen molar-refractivity contribution in [3.05, 3.63) is 6.07 Å². The zero-order chi connectivity index (χ0) is 14.8. The molecule has 1 unspecified atom stereocenters. The molecular weight excluding hydrogens is 272 g/mol. The van der Waals surface area contributed by atoms with Gasteiger partial charge in [0.05, 0.1) is 0 Å². The number of nitrogens with one attached hydrogen (secondary N) is 2. The molecular formula is C14H26N4OS. The Morgan fingerprint density at radius 1 is 1.25 bits per heavy atom.